The molecule has 0 unspecified atom stereocenters. The van der Waals surface area contributed by atoms with Gasteiger partial charge in [-0.3, -0.25) is 14.7 Å². The van der Waals surface area contributed by atoms with Crippen LogP contribution in [0.25, 0.3) is 5.69 Å². The van der Waals surface area contributed by atoms with Crippen LogP contribution in [0.4, 0.5) is 0 Å². The van der Waals surface area contributed by atoms with Gasteiger partial charge in [-0.05, 0) is 73.5 Å². The molecule has 9 nitrogen and oxygen atoms in total. The summed E-state index contributed by atoms with van der Waals surface area (Å²) in [7, 11) is 1.52. The van der Waals surface area contributed by atoms with Crippen LogP contribution in [0.5, 0.6) is 17.2 Å². The molecule has 0 radical (unpaired) electrons. The van der Waals surface area contributed by atoms with Crippen LogP contribution in [0.3, 0.4) is 0 Å². The number of nitro groups is 1. The Kier molecular flexibility index (Phi) is 9.55. The van der Waals surface area contributed by atoms with E-state index in [2.05, 4.69) is 10.2 Å². The maximum Gasteiger partial charge on any atom is 0.220 e. The molecule has 0 saturated carbocycles. The van der Waals surface area contributed by atoms with E-state index < -0.39 is 5.25 Å². The van der Waals surface area contributed by atoms with Crippen LogP contribution < -0.4 is 14.2 Å². The van der Waals surface area contributed by atoms with Gasteiger partial charge in [-0.25, -0.2) is 0 Å². The van der Waals surface area contributed by atoms with E-state index in [4.69, 9.17) is 37.4 Å². The summed E-state index contributed by atoms with van der Waals surface area (Å²) in [5, 5.41) is 21.0. The predicted octanol–water partition coefficient (Wildman–Crippen LogP) is 6.98. The van der Waals surface area contributed by atoms with E-state index in [1.165, 1.54) is 18.9 Å². The number of benzene rings is 3. The fourth-order valence-electron chi connectivity index (χ4n) is 3.84. The number of thioether (sulfide) groups is 1. The Morgan fingerprint density at radius 2 is 1.77 bits per heavy atom. The molecule has 0 saturated heterocycles. The summed E-state index contributed by atoms with van der Waals surface area (Å²) in [6.45, 7) is 4.23. The molecule has 0 aliphatic heterocycles. The molecule has 0 fully saturated rings. The van der Waals surface area contributed by atoms with Crippen LogP contribution in [0.1, 0.15) is 29.1 Å². The Hall–Kier alpha value is -3.47. The van der Waals surface area contributed by atoms with E-state index >= 15 is 0 Å². The largest absolute Gasteiger partial charge is 0.494 e. The van der Waals surface area contributed by atoms with Crippen molar-refractivity contribution in [1.29, 1.82) is 0 Å². The molecule has 3 aromatic carbocycles. The first kappa shape index (κ1) is 28.5. The average molecular weight is 590 g/mol. The van der Waals surface area contributed by atoms with Crippen LogP contribution in [0.2, 0.25) is 10.0 Å². The van der Waals surface area contributed by atoms with Gasteiger partial charge in [-0.15, -0.1) is 10.2 Å². The molecule has 0 aliphatic carbocycles. The summed E-state index contributed by atoms with van der Waals surface area (Å²) in [5.74, 6) is 2.35. The maximum atomic E-state index is 11.6. The molecule has 4 aromatic rings. The monoisotopic (exact) mass is 588 g/mol. The van der Waals surface area contributed by atoms with Gasteiger partial charge in [0.15, 0.2) is 16.7 Å². The number of nitrogens with zero attached hydrogens (tertiary/aromatic N) is 4. The molecule has 0 aliphatic rings. The van der Waals surface area contributed by atoms with Crippen molar-refractivity contribution < 1.29 is 19.1 Å². The fourth-order valence-corrected chi connectivity index (χ4v) is 5.33. The smallest absolute Gasteiger partial charge is 0.220 e. The number of rotatable bonds is 12. The number of methoxy groups -OCH3 is 1. The fraction of sp³-hybridized carbons (Fsp3) is 0.259. The minimum Gasteiger partial charge on any atom is -0.494 e. The molecule has 39 heavy (non-hydrogen) atoms. The molecule has 0 bridgehead atoms. The van der Waals surface area contributed by atoms with Gasteiger partial charge in [-0.2, -0.15) is 0 Å². The number of aryl methyl sites for hydroxylation is 1. The van der Waals surface area contributed by atoms with E-state index in [0.29, 0.717) is 44.7 Å². The first-order valence-corrected chi connectivity index (χ1v) is 13.6. The van der Waals surface area contributed by atoms with Crippen molar-refractivity contribution in [2.45, 2.75) is 30.9 Å². The highest BCUT2D eigenvalue weighted by Gasteiger charge is 2.25. The van der Waals surface area contributed by atoms with Gasteiger partial charge in [0.25, 0.3) is 0 Å². The van der Waals surface area contributed by atoms with Gasteiger partial charge in [0, 0.05) is 10.6 Å². The predicted molar refractivity (Wildman–Crippen MR) is 152 cm³/mol. The quantitative estimate of drug-likeness (QED) is 0.0991. The Labute approximate surface area is 240 Å². The molecule has 0 N–H and O–H groups in total. The van der Waals surface area contributed by atoms with Crippen LogP contribution in [0, 0.1) is 17.0 Å². The van der Waals surface area contributed by atoms with E-state index in [9.17, 15) is 10.1 Å². The lowest BCUT2D eigenvalue weighted by molar-refractivity contribution is -0.479. The summed E-state index contributed by atoms with van der Waals surface area (Å²) < 4.78 is 18.9. The maximum absolute atomic E-state index is 11.6. The molecule has 0 amide bonds. The highest BCUT2D eigenvalue weighted by molar-refractivity contribution is 7.99. The molecule has 1 atom stereocenters. The summed E-state index contributed by atoms with van der Waals surface area (Å²) >= 11 is 13.4. The molecule has 12 heteroatoms. The van der Waals surface area contributed by atoms with E-state index in [0.717, 1.165) is 17.0 Å². The average Bonchev–Trinajstić information content (AvgIpc) is 3.28. The summed E-state index contributed by atoms with van der Waals surface area (Å²) in [6.07, 6.45) is 0. The minimum absolute atomic E-state index is 0.240. The summed E-state index contributed by atoms with van der Waals surface area (Å²) in [4.78, 5) is 11.3. The van der Waals surface area contributed by atoms with E-state index in [1.807, 2.05) is 48.7 Å². The van der Waals surface area contributed by atoms with Crippen molar-refractivity contribution in [3.05, 3.63) is 97.8 Å². The lowest BCUT2D eigenvalue weighted by atomic mass is 10.1. The Bertz CT molecular complexity index is 1450. The highest BCUT2D eigenvalue weighted by atomic mass is 35.5. The van der Waals surface area contributed by atoms with Crippen molar-refractivity contribution in [2.75, 3.05) is 20.3 Å². The Balaban J connectivity index is 1.58. The number of aromatic nitrogens is 3. The second kappa shape index (κ2) is 13.1. The third-order valence-electron chi connectivity index (χ3n) is 5.70. The number of ether oxygens (including phenoxy) is 3. The number of halogens is 2. The third kappa shape index (κ3) is 7.14. The second-order valence-corrected chi connectivity index (χ2v) is 10.3. The van der Waals surface area contributed by atoms with Crippen molar-refractivity contribution >= 4 is 35.0 Å². The van der Waals surface area contributed by atoms with Crippen LogP contribution >= 0.6 is 35.0 Å². The highest BCUT2D eigenvalue weighted by Crippen LogP contribution is 2.40. The van der Waals surface area contributed by atoms with Crippen molar-refractivity contribution in [1.82, 2.24) is 14.8 Å². The molecule has 1 heterocycles. The number of hydrogen-bond acceptors (Lipinski definition) is 8. The molecular formula is C27H26Cl2N4O5S. The lowest BCUT2D eigenvalue weighted by Crippen LogP contribution is -2.11. The zero-order chi connectivity index (χ0) is 27.9. The molecular weight excluding hydrogens is 563 g/mol. The van der Waals surface area contributed by atoms with Gasteiger partial charge in [0.05, 0.1) is 23.8 Å². The van der Waals surface area contributed by atoms with Crippen LogP contribution in [0.15, 0.2) is 65.8 Å². The van der Waals surface area contributed by atoms with Gasteiger partial charge in [-0.1, -0.05) is 47.1 Å². The Morgan fingerprint density at radius 3 is 2.44 bits per heavy atom. The van der Waals surface area contributed by atoms with Crippen molar-refractivity contribution in [2.24, 2.45) is 0 Å². The standard InChI is InChI=1S/C27H26Cl2N4O5S/c1-4-37-21-9-7-20(8-10-21)33-17(2)30-31-27(33)39-26(15-32(34)35)19-6-12-24(25(14-19)36-3)38-16-18-5-11-22(28)23(29)13-18/h5-14,26H,4,15-16H2,1-3H3/t26-/m0/s1. The first-order valence-electron chi connectivity index (χ1n) is 12.0. The zero-order valence-electron chi connectivity index (χ0n) is 21.5. The van der Waals surface area contributed by atoms with Crippen LogP contribution in [-0.2, 0) is 6.61 Å². The summed E-state index contributed by atoms with van der Waals surface area (Å²) in [6, 6.07) is 18.1. The van der Waals surface area contributed by atoms with Gasteiger partial charge in [0.2, 0.25) is 6.54 Å². The minimum atomic E-state index is -0.567. The second-order valence-electron chi connectivity index (χ2n) is 8.36. The van der Waals surface area contributed by atoms with Crippen molar-refractivity contribution in [3.8, 4) is 22.9 Å². The van der Waals surface area contributed by atoms with Crippen molar-refractivity contribution in [3.63, 3.8) is 0 Å². The number of hydrogen-bond donors (Lipinski definition) is 0. The van der Waals surface area contributed by atoms with Gasteiger partial charge >= 0.3 is 0 Å². The normalized spacial score (nSPS) is 11.7. The zero-order valence-corrected chi connectivity index (χ0v) is 23.8. The van der Waals surface area contributed by atoms with E-state index in [1.54, 1.807) is 30.3 Å². The lowest BCUT2D eigenvalue weighted by Gasteiger charge is -2.17. The molecule has 204 valence electrons. The Morgan fingerprint density at radius 1 is 1.00 bits per heavy atom. The summed E-state index contributed by atoms with van der Waals surface area (Å²) in [5.41, 5.74) is 2.35. The topological polar surface area (TPSA) is 102 Å². The first-order chi connectivity index (χ1) is 18.8. The molecule has 1 aromatic heterocycles. The SMILES string of the molecule is CCOc1ccc(-n2c(C)nnc2S[C@@H](C[N+](=O)[O-])c2ccc(OCc3ccc(Cl)c(Cl)c3)c(OC)c2)cc1. The third-order valence-corrected chi connectivity index (χ3v) is 7.62. The molecule has 0 spiro atoms. The van der Waals surface area contributed by atoms with Gasteiger partial charge < -0.3 is 14.2 Å². The van der Waals surface area contributed by atoms with E-state index in [-0.39, 0.29) is 18.1 Å². The molecule has 4 rings (SSSR count). The van der Waals surface area contributed by atoms with Crippen LogP contribution in [-0.4, -0.2) is 39.9 Å². The van der Waals surface area contributed by atoms with Gasteiger partial charge in [0.1, 0.15) is 23.4 Å².